The lowest BCUT2D eigenvalue weighted by atomic mass is 10.1. The van der Waals surface area contributed by atoms with Crippen molar-refractivity contribution in [2.24, 2.45) is 0 Å². The molecule has 0 radical (unpaired) electrons. The van der Waals surface area contributed by atoms with Gasteiger partial charge < -0.3 is 10.4 Å². The Morgan fingerprint density at radius 1 is 1.54 bits per heavy atom. The van der Waals surface area contributed by atoms with Gasteiger partial charge in [0.1, 0.15) is 0 Å². The lowest BCUT2D eigenvalue weighted by Crippen LogP contribution is -2.20. The van der Waals surface area contributed by atoms with Crippen molar-refractivity contribution in [3.8, 4) is 0 Å². The van der Waals surface area contributed by atoms with Crippen LogP contribution >= 0.6 is 0 Å². The monoisotopic (exact) mass is 183 g/mol. The molecule has 2 heteroatoms. The van der Waals surface area contributed by atoms with Gasteiger partial charge in [0.2, 0.25) is 0 Å². The van der Waals surface area contributed by atoms with E-state index in [2.05, 4.69) is 11.4 Å². The van der Waals surface area contributed by atoms with Crippen molar-refractivity contribution in [3.05, 3.63) is 11.6 Å². The molecule has 0 aromatic rings. The molecule has 0 bridgehead atoms. The minimum atomic E-state index is -0.168. The molecule has 0 saturated carbocycles. The van der Waals surface area contributed by atoms with Crippen LogP contribution in [0.3, 0.4) is 0 Å². The van der Waals surface area contributed by atoms with Gasteiger partial charge in [-0.25, -0.2) is 0 Å². The number of rotatable bonds is 6. The fourth-order valence-corrected chi connectivity index (χ4v) is 1.65. The van der Waals surface area contributed by atoms with E-state index in [4.69, 9.17) is 5.11 Å². The van der Waals surface area contributed by atoms with Gasteiger partial charge in [-0.2, -0.15) is 0 Å². The molecule has 76 valence electrons. The maximum atomic E-state index is 9.01. The first kappa shape index (κ1) is 10.7. The number of allylic oxidation sites excluding steroid dienone is 1. The molecule has 2 nitrogen and oxygen atoms in total. The molecule has 1 rings (SSSR count). The van der Waals surface area contributed by atoms with E-state index < -0.39 is 0 Å². The van der Waals surface area contributed by atoms with E-state index in [1.807, 2.05) is 6.92 Å². The van der Waals surface area contributed by atoms with Crippen molar-refractivity contribution >= 4 is 0 Å². The van der Waals surface area contributed by atoms with Crippen molar-refractivity contribution in [2.45, 2.75) is 45.1 Å². The summed E-state index contributed by atoms with van der Waals surface area (Å²) in [6.07, 6.45) is 8.19. The smallest absolute Gasteiger partial charge is 0.0524 e. The average molecular weight is 183 g/mol. The summed E-state index contributed by atoms with van der Waals surface area (Å²) < 4.78 is 0. The van der Waals surface area contributed by atoms with Crippen LogP contribution in [0.5, 0.6) is 0 Å². The SMILES string of the molecule is CC(O)CCNCCC1=CCCC1. The second-order valence-corrected chi connectivity index (χ2v) is 3.89. The van der Waals surface area contributed by atoms with Crippen molar-refractivity contribution in [2.75, 3.05) is 13.1 Å². The van der Waals surface area contributed by atoms with Crippen LogP contribution in [0, 0.1) is 0 Å². The van der Waals surface area contributed by atoms with Gasteiger partial charge in [-0.15, -0.1) is 0 Å². The molecule has 0 amide bonds. The van der Waals surface area contributed by atoms with E-state index in [1.165, 1.54) is 25.7 Å². The fourth-order valence-electron chi connectivity index (χ4n) is 1.65. The Bertz CT molecular complexity index is 163. The summed E-state index contributed by atoms with van der Waals surface area (Å²) in [6, 6.07) is 0. The third-order valence-corrected chi connectivity index (χ3v) is 2.50. The van der Waals surface area contributed by atoms with Crippen molar-refractivity contribution in [1.29, 1.82) is 0 Å². The highest BCUT2D eigenvalue weighted by Crippen LogP contribution is 2.19. The largest absolute Gasteiger partial charge is 0.393 e. The molecule has 0 fully saturated rings. The van der Waals surface area contributed by atoms with Gasteiger partial charge >= 0.3 is 0 Å². The molecule has 0 aliphatic heterocycles. The maximum absolute atomic E-state index is 9.01. The highest BCUT2D eigenvalue weighted by atomic mass is 16.3. The van der Waals surface area contributed by atoms with Crippen LogP contribution < -0.4 is 5.32 Å². The maximum Gasteiger partial charge on any atom is 0.0524 e. The van der Waals surface area contributed by atoms with Crippen LogP contribution in [0.15, 0.2) is 11.6 Å². The predicted octanol–water partition coefficient (Wildman–Crippen LogP) is 1.85. The normalized spacial score (nSPS) is 18.8. The molecule has 1 aliphatic rings. The molecule has 0 heterocycles. The zero-order valence-corrected chi connectivity index (χ0v) is 8.55. The van der Waals surface area contributed by atoms with Gasteiger partial charge in [-0.05, 0) is 52.1 Å². The summed E-state index contributed by atoms with van der Waals surface area (Å²) in [5, 5.41) is 12.4. The van der Waals surface area contributed by atoms with Gasteiger partial charge in [-0.3, -0.25) is 0 Å². The van der Waals surface area contributed by atoms with Crippen molar-refractivity contribution in [1.82, 2.24) is 5.32 Å². The summed E-state index contributed by atoms with van der Waals surface area (Å²) in [4.78, 5) is 0. The van der Waals surface area contributed by atoms with E-state index in [0.717, 1.165) is 19.5 Å². The minimum absolute atomic E-state index is 0.168. The molecule has 0 saturated heterocycles. The van der Waals surface area contributed by atoms with Gasteiger partial charge in [0.05, 0.1) is 6.10 Å². The molecule has 1 atom stereocenters. The predicted molar refractivity (Wildman–Crippen MR) is 55.7 cm³/mol. The number of aliphatic hydroxyl groups is 1. The summed E-state index contributed by atoms with van der Waals surface area (Å²) in [5.74, 6) is 0. The molecule has 0 spiro atoms. The Balaban J connectivity index is 1.89. The van der Waals surface area contributed by atoms with Crippen LogP contribution in [0.4, 0.5) is 0 Å². The Hall–Kier alpha value is -0.340. The van der Waals surface area contributed by atoms with Crippen LogP contribution in [-0.2, 0) is 0 Å². The Kier molecular flexibility index (Phi) is 5.09. The fraction of sp³-hybridized carbons (Fsp3) is 0.818. The molecule has 1 unspecified atom stereocenters. The molecular formula is C11H21NO. The standard InChI is InChI=1S/C11H21NO/c1-10(13)6-8-12-9-7-11-4-2-3-5-11/h4,10,12-13H,2-3,5-9H2,1H3. The van der Waals surface area contributed by atoms with Crippen LogP contribution in [0.25, 0.3) is 0 Å². The quantitative estimate of drug-likeness (QED) is 0.486. The zero-order chi connectivity index (χ0) is 9.52. The van der Waals surface area contributed by atoms with Gasteiger partial charge in [0.15, 0.2) is 0 Å². The Labute approximate surface area is 81.0 Å². The average Bonchev–Trinajstić information content (AvgIpc) is 2.55. The van der Waals surface area contributed by atoms with E-state index in [1.54, 1.807) is 5.57 Å². The van der Waals surface area contributed by atoms with Gasteiger partial charge in [0, 0.05) is 0 Å². The number of hydrogen-bond donors (Lipinski definition) is 2. The van der Waals surface area contributed by atoms with Gasteiger partial charge in [0.25, 0.3) is 0 Å². The van der Waals surface area contributed by atoms with E-state index >= 15 is 0 Å². The molecular weight excluding hydrogens is 162 g/mol. The summed E-state index contributed by atoms with van der Waals surface area (Å²) >= 11 is 0. The lowest BCUT2D eigenvalue weighted by molar-refractivity contribution is 0.184. The van der Waals surface area contributed by atoms with Crippen molar-refractivity contribution in [3.63, 3.8) is 0 Å². The number of aliphatic hydroxyl groups excluding tert-OH is 1. The van der Waals surface area contributed by atoms with Crippen LogP contribution in [-0.4, -0.2) is 24.3 Å². The van der Waals surface area contributed by atoms with Crippen LogP contribution in [0.2, 0.25) is 0 Å². The molecule has 1 aliphatic carbocycles. The molecule has 0 aromatic heterocycles. The second kappa shape index (κ2) is 6.17. The molecule has 13 heavy (non-hydrogen) atoms. The molecule has 0 aromatic carbocycles. The Morgan fingerprint density at radius 3 is 3.00 bits per heavy atom. The van der Waals surface area contributed by atoms with E-state index in [-0.39, 0.29) is 6.10 Å². The minimum Gasteiger partial charge on any atom is -0.393 e. The first-order chi connectivity index (χ1) is 6.29. The zero-order valence-electron chi connectivity index (χ0n) is 8.55. The highest BCUT2D eigenvalue weighted by Gasteiger charge is 2.03. The lowest BCUT2D eigenvalue weighted by Gasteiger charge is -2.06. The van der Waals surface area contributed by atoms with Crippen molar-refractivity contribution < 1.29 is 5.11 Å². The topological polar surface area (TPSA) is 32.3 Å². The van der Waals surface area contributed by atoms with Gasteiger partial charge in [-0.1, -0.05) is 11.6 Å². The highest BCUT2D eigenvalue weighted by molar-refractivity contribution is 5.07. The first-order valence-electron chi connectivity index (χ1n) is 5.35. The number of nitrogens with one attached hydrogen (secondary N) is 1. The summed E-state index contributed by atoms with van der Waals surface area (Å²) in [7, 11) is 0. The molecule has 2 N–H and O–H groups in total. The van der Waals surface area contributed by atoms with Crippen LogP contribution in [0.1, 0.15) is 39.0 Å². The van der Waals surface area contributed by atoms with E-state index in [0.29, 0.717) is 0 Å². The summed E-state index contributed by atoms with van der Waals surface area (Å²) in [5.41, 5.74) is 1.62. The third-order valence-electron chi connectivity index (χ3n) is 2.50. The second-order valence-electron chi connectivity index (χ2n) is 3.89. The summed E-state index contributed by atoms with van der Waals surface area (Å²) in [6.45, 7) is 3.84. The first-order valence-corrected chi connectivity index (χ1v) is 5.35. The number of hydrogen-bond acceptors (Lipinski definition) is 2. The third kappa shape index (κ3) is 5.06. The Morgan fingerprint density at radius 2 is 2.38 bits per heavy atom. The van der Waals surface area contributed by atoms with E-state index in [9.17, 15) is 0 Å².